The molecule has 2 rings (SSSR count). The van der Waals surface area contributed by atoms with Gasteiger partial charge < -0.3 is 4.98 Å². The Balaban J connectivity index is 2.77. The van der Waals surface area contributed by atoms with Gasteiger partial charge in [0.05, 0.1) is 12.5 Å². The van der Waals surface area contributed by atoms with E-state index in [2.05, 4.69) is 4.98 Å². The molecule has 0 amide bonds. The van der Waals surface area contributed by atoms with E-state index in [1.165, 1.54) is 0 Å². The summed E-state index contributed by atoms with van der Waals surface area (Å²) < 4.78 is 0. The largest absolute Gasteiger partial charge is 0.361 e. The van der Waals surface area contributed by atoms with E-state index in [1.54, 1.807) is 12.3 Å². The van der Waals surface area contributed by atoms with Gasteiger partial charge >= 0.3 is 0 Å². The molecule has 3 nitrogen and oxygen atoms in total. The smallest absolute Gasteiger partial charge is 0.193 e. The SMILES string of the molecule is N#CCc1c[nH]c2ccccc2c1=O. The van der Waals surface area contributed by atoms with Crippen molar-refractivity contribution in [2.45, 2.75) is 6.42 Å². The van der Waals surface area contributed by atoms with Crippen molar-refractivity contribution in [3.63, 3.8) is 0 Å². The molecule has 0 radical (unpaired) electrons. The predicted molar refractivity (Wildman–Crippen MR) is 53.9 cm³/mol. The third-order valence-corrected chi connectivity index (χ3v) is 2.13. The van der Waals surface area contributed by atoms with Crippen molar-refractivity contribution in [1.82, 2.24) is 4.98 Å². The van der Waals surface area contributed by atoms with E-state index in [4.69, 9.17) is 5.26 Å². The van der Waals surface area contributed by atoms with Crippen LogP contribution in [0.25, 0.3) is 10.9 Å². The zero-order valence-electron chi connectivity index (χ0n) is 7.45. The fraction of sp³-hybridized carbons (Fsp3) is 0.0909. The van der Waals surface area contributed by atoms with Crippen LogP contribution >= 0.6 is 0 Å². The third-order valence-electron chi connectivity index (χ3n) is 2.13. The molecule has 0 saturated heterocycles. The first-order chi connectivity index (χ1) is 6.83. The Labute approximate surface area is 80.6 Å². The number of nitrogens with one attached hydrogen (secondary N) is 1. The molecule has 3 heteroatoms. The highest BCUT2D eigenvalue weighted by molar-refractivity contribution is 5.78. The highest BCUT2D eigenvalue weighted by Gasteiger charge is 2.02. The van der Waals surface area contributed by atoms with Gasteiger partial charge in [0, 0.05) is 22.7 Å². The van der Waals surface area contributed by atoms with E-state index in [-0.39, 0.29) is 11.8 Å². The number of nitrogens with zero attached hydrogens (tertiary/aromatic N) is 1. The molecule has 0 unspecified atom stereocenters. The Bertz CT molecular complexity index is 563. The maximum Gasteiger partial charge on any atom is 0.193 e. The zero-order chi connectivity index (χ0) is 9.97. The zero-order valence-corrected chi connectivity index (χ0v) is 7.45. The second kappa shape index (κ2) is 3.35. The molecular weight excluding hydrogens is 176 g/mol. The summed E-state index contributed by atoms with van der Waals surface area (Å²) >= 11 is 0. The maximum absolute atomic E-state index is 11.7. The van der Waals surface area contributed by atoms with E-state index in [1.807, 2.05) is 24.3 Å². The Morgan fingerprint density at radius 2 is 2.14 bits per heavy atom. The lowest BCUT2D eigenvalue weighted by Gasteiger charge is -1.98. The van der Waals surface area contributed by atoms with Crippen LogP contribution < -0.4 is 5.43 Å². The average molecular weight is 184 g/mol. The molecule has 14 heavy (non-hydrogen) atoms. The molecule has 0 atom stereocenters. The Morgan fingerprint density at radius 1 is 1.36 bits per heavy atom. The summed E-state index contributed by atoms with van der Waals surface area (Å²) in [7, 11) is 0. The normalized spacial score (nSPS) is 9.93. The molecule has 1 heterocycles. The molecular formula is C11H8N2O. The van der Waals surface area contributed by atoms with E-state index in [9.17, 15) is 4.79 Å². The van der Waals surface area contributed by atoms with Crippen LogP contribution in [0.4, 0.5) is 0 Å². The lowest BCUT2D eigenvalue weighted by Crippen LogP contribution is -2.09. The number of aromatic amines is 1. The topological polar surface area (TPSA) is 56.6 Å². The number of aromatic nitrogens is 1. The van der Waals surface area contributed by atoms with Gasteiger partial charge in [0.1, 0.15) is 0 Å². The molecule has 0 aliphatic rings. The summed E-state index contributed by atoms with van der Waals surface area (Å²) in [5, 5.41) is 9.15. The number of nitriles is 1. The van der Waals surface area contributed by atoms with Crippen molar-refractivity contribution in [3.8, 4) is 6.07 Å². The summed E-state index contributed by atoms with van der Waals surface area (Å²) in [6.07, 6.45) is 1.76. The van der Waals surface area contributed by atoms with Gasteiger partial charge in [0.15, 0.2) is 5.43 Å². The van der Waals surface area contributed by atoms with E-state index >= 15 is 0 Å². The minimum Gasteiger partial charge on any atom is -0.361 e. The summed E-state index contributed by atoms with van der Waals surface area (Å²) in [6.45, 7) is 0. The van der Waals surface area contributed by atoms with Crippen LogP contribution in [0.2, 0.25) is 0 Å². The van der Waals surface area contributed by atoms with Gasteiger partial charge in [-0.05, 0) is 12.1 Å². The fourth-order valence-electron chi connectivity index (χ4n) is 1.43. The van der Waals surface area contributed by atoms with Gasteiger partial charge in [-0.2, -0.15) is 5.26 Å². The van der Waals surface area contributed by atoms with Crippen LogP contribution in [0.15, 0.2) is 35.3 Å². The highest BCUT2D eigenvalue weighted by atomic mass is 16.1. The minimum absolute atomic E-state index is 0.0547. The van der Waals surface area contributed by atoms with Crippen LogP contribution in [-0.2, 0) is 6.42 Å². The first kappa shape index (κ1) is 8.52. The monoisotopic (exact) mass is 184 g/mol. The van der Waals surface area contributed by atoms with Gasteiger partial charge in [-0.3, -0.25) is 4.79 Å². The fourth-order valence-corrected chi connectivity index (χ4v) is 1.43. The van der Waals surface area contributed by atoms with Gasteiger partial charge in [-0.1, -0.05) is 12.1 Å². The van der Waals surface area contributed by atoms with Crippen molar-refractivity contribution in [1.29, 1.82) is 5.26 Å². The van der Waals surface area contributed by atoms with Crippen LogP contribution in [0.1, 0.15) is 5.56 Å². The quantitative estimate of drug-likeness (QED) is 0.731. The molecule has 0 aliphatic heterocycles. The standard InChI is InChI=1S/C11H8N2O/c12-6-5-8-7-13-10-4-2-1-3-9(10)11(8)14/h1-4,7H,5H2,(H,13,14). The van der Waals surface area contributed by atoms with Crippen LogP contribution in [0, 0.1) is 11.3 Å². The summed E-state index contributed by atoms with van der Waals surface area (Å²) in [4.78, 5) is 14.7. The maximum atomic E-state index is 11.7. The second-order valence-electron chi connectivity index (χ2n) is 3.02. The first-order valence-corrected chi connectivity index (χ1v) is 4.29. The predicted octanol–water partition coefficient (Wildman–Crippen LogP) is 1.59. The molecule has 2 aromatic rings. The van der Waals surface area contributed by atoms with Crippen molar-refractivity contribution in [3.05, 3.63) is 46.2 Å². The van der Waals surface area contributed by atoms with Crippen LogP contribution in [0.3, 0.4) is 0 Å². The number of rotatable bonds is 1. The third kappa shape index (κ3) is 1.27. The first-order valence-electron chi connectivity index (χ1n) is 4.29. The van der Waals surface area contributed by atoms with Gasteiger partial charge in [-0.25, -0.2) is 0 Å². The number of hydrogen-bond acceptors (Lipinski definition) is 2. The second-order valence-corrected chi connectivity index (χ2v) is 3.02. The van der Waals surface area contributed by atoms with Gasteiger partial charge in [0.2, 0.25) is 0 Å². The number of benzene rings is 1. The molecule has 0 bridgehead atoms. The number of para-hydroxylation sites is 1. The molecule has 0 spiro atoms. The number of hydrogen-bond donors (Lipinski definition) is 1. The summed E-state index contributed by atoms with van der Waals surface area (Å²) in [5.41, 5.74) is 1.27. The van der Waals surface area contributed by atoms with Crippen LogP contribution in [-0.4, -0.2) is 4.98 Å². The lowest BCUT2D eigenvalue weighted by atomic mass is 10.1. The molecule has 1 aromatic carbocycles. The van der Waals surface area contributed by atoms with Gasteiger partial charge in [0.25, 0.3) is 0 Å². The number of pyridine rings is 1. The molecule has 0 aliphatic carbocycles. The van der Waals surface area contributed by atoms with E-state index in [0.717, 1.165) is 5.52 Å². The molecule has 1 aromatic heterocycles. The van der Waals surface area contributed by atoms with Gasteiger partial charge in [-0.15, -0.1) is 0 Å². The van der Waals surface area contributed by atoms with Crippen molar-refractivity contribution in [2.24, 2.45) is 0 Å². The Kier molecular flexibility index (Phi) is 2.04. The summed E-state index contributed by atoms with van der Waals surface area (Å²) in [5.74, 6) is 0. The Hall–Kier alpha value is -2.08. The molecule has 68 valence electrons. The van der Waals surface area contributed by atoms with Crippen molar-refractivity contribution in [2.75, 3.05) is 0 Å². The Morgan fingerprint density at radius 3 is 2.93 bits per heavy atom. The highest BCUT2D eigenvalue weighted by Crippen LogP contribution is 2.06. The van der Waals surface area contributed by atoms with E-state index in [0.29, 0.717) is 10.9 Å². The van der Waals surface area contributed by atoms with Crippen LogP contribution in [0.5, 0.6) is 0 Å². The van der Waals surface area contributed by atoms with E-state index < -0.39 is 0 Å². The number of H-pyrrole nitrogens is 1. The van der Waals surface area contributed by atoms with Crippen molar-refractivity contribution >= 4 is 10.9 Å². The van der Waals surface area contributed by atoms with Crippen molar-refractivity contribution < 1.29 is 0 Å². The molecule has 0 saturated carbocycles. The number of fused-ring (bicyclic) bond motifs is 1. The lowest BCUT2D eigenvalue weighted by molar-refractivity contribution is 1.20. The molecule has 0 fully saturated rings. The summed E-state index contributed by atoms with van der Waals surface area (Å²) in [6, 6.07) is 9.25. The average Bonchev–Trinajstić information content (AvgIpc) is 2.23. The minimum atomic E-state index is -0.0547. The molecule has 1 N–H and O–H groups in total.